The van der Waals surface area contributed by atoms with E-state index in [2.05, 4.69) is 16.5 Å². The Morgan fingerprint density at radius 2 is 2.00 bits per heavy atom. The number of hydrogen-bond acceptors (Lipinski definition) is 4. The van der Waals surface area contributed by atoms with Gasteiger partial charge in [0.1, 0.15) is 0 Å². The van der Waals surface area contributed by atoms with Crippen molar-refractivity contribution in [2.45, 2.75) is 50.1 Å². The Balaban J connectivity index is 2.12. The molecule has 0 aliphatic carbocycles. The van der Waals surface area contributed by atoms with Gasteiger partial charge in [0.25, 0.3) is 0 Å². The van der Waals surface area contributed by atoms with Gasteiger partial charge in [0.2, 0.25) is 10.0 Å². The van der Waals surface area contributed by atoms with Crippen molar-refractivity contribution in [3.05, 3.63) is 24.3 Å². The van der Waals surface area contributed by atoms with Crippen molar-refractivity contribution in [2.24, 2.45) is 5.73 Å². The smallest absolute Gasteiger partial charge is 0.240 e. The van der Waals surface area contributed by atoms with Gasteiger partial charge in [0, 0.05) is 30.9 Å². The molecule has 1 fully saturated rings. The van der Waals surface area contributed by atoms with E-state index in [1.807, 2.05) is 19.1 Å². The van der Waals surface area contributed by atoms with Crippen LogP contribution in [0, 0.1) is 0 Å². The van der Waals surface area contributed by atoms with Crippen LogP contribution in [0.5, 0.6) is 0 Å². The highest BCUT2D eigenvalue weighted by Crippen LogP contribution is 2.25. The molecule has 118 valence electrons. The molecule has 0 aromatic heterocycles. The van der Waals surface area contributed by atoms with Crippen LogP contribution in [0.4, 0.5) is 5.69 Å². The Morgan fingerprint density at radius 3 is 2.57 bits per heavy atom. The molecule has 1 aliphatic heterocycles. The third-order valence-electron chi connectivity index (χ3n) is 3.94. The third-order valence-corrected chi connectivity index (χ3v) is 5.41. The van der Waals surface area contributed by atoms with Gasteiger partial charge in [-0.25, -0.2) is 13.1 Å². The minimum absolute atomic E-state index is 0.272. The Bertz CT molecular complexity index is 557. The summed E-state index contributed by atoms with van der Waals surface area (Å²) in [5, 5.41) is 0. The van der Waals surface area contributed by atoms with E-state index in [1.54, 1.807) is 12.1 Å². The van der Waals surface area contributed by atoms with Crippen LogP contribution < -0.4 is 15.4 Å². The fourth-order valence-corrected chi connectivity index (χ4v) is 3.86. The van der Waals surface area contributed by atoms with Crippen LogP contribution in [0.1, 0.15) is 33.1 Å². The first-order chi connectivity index (χ1) is 9.94. The first-order valence-corrected chi connectivity index (χ1v) is 9.04. The summed E-state index contributed by atoms with van der Waals surface area (Å²) in [7, 11) is -3.38. The Labute approximate surface area is 127 Å². The number of nitrogens with zero attached hydrogens (tertiary/aromatic N) is 1. The van der Waals surface area contributed by atoms with Gasteiger partial charge in [0.05, 0.1) is 4.90 Å². The number of nitrogens with two attached hydrogens (primary N) is 1. The molecule has 3 N–H and O–H groups in total. The average Bonchev–Trinajstić information content (AvgIpc) is 2.45. The molecular weight excluding hydrogens is 286 g/mol. The molecule has 1 saturated heterocycles. The topological polar surface area (TPSA) is 75.4 Å². The fourth-order valence-electron chi connectivity index (χ4n) is 2.73. The van der Waals surface area contributed by atoms with Crippen molar-refractivity contribution in [1.82, 2.24) is 4.72 Å². The number of piperidine rings is 1. The highest BCUT2D eigenvalue weighted by atomic mass is 32.2. The number of rotatable bonds is 5. The van der Waals surface area contributed by atoms with E-state index in [4.69, 9.17) is 5.73 Å². The standard InChI is InChI=1S/C15H25N3O2S/c1-3-9-17-21(19,20)15-6-4-14(5-7-15)18-10-8-13(16)11-12(18)2/h4-7,12-13,17H,3,8-11,16H2,1-2H3. The second kappa shape index (κ2) is 6.77. The van der Waals surface area contributed by atoms with E-state index in [0.29, 0.717) is 17.5 Å². The van der Waals surface area contributed by atoms with Crippen molar-refractivity contribution < 1.29 is 8.42 Å². The lowest BCUT2D eigenvalue weighted by Crippen LogP contribution is -2.45. The zero-order chi connectivity index (χ0) is 15.5. The molecule has 5 nitrogen and oxygen atoms in total. The second-order valence-electron chi connectivity index (χ2n) is 5.72. The van der Waals surface area contributed by atoms with Crippen LogP contribution in [0.25, 0.3) is 0 Å². The van der Waals surface area contributed by atoms with Crippen molar-refractivity contribution in [3.8, 4) is 0 Å². The zero-order valence-corrected chi connectivity index (χ0v) is 13.6. The minimum Gasteiger partial charge on any atom is -0.369 e. The maximum Gasteiger partial charge on any atom is 0.240 e. The second-order valence-corrected chi connectivity index (χ2v) is 7.49. The van der Waals surface area contributed by atoms with Crippen molar-refractivity contribution in [3.63, 3.8) is 0 Å². The van der Waals surface area contributed by atoms with Crippen molar-refractivity contribution >= 4 is 15.7 Å². The molecule has 0 amide bonds. The monoisotopic (exact) mass is 311 g/mol. The van der Waals surface area contributed by atoms with Crippen LogP contribution >= 0.6 is 0 Å². The highest BCUT2D eigenvalue weighted by molar-refractivity contribution is 7.89. The summed E-state index contributed by atoms with van der Waals surface area (Å²) in [5.41, 5.74) is 7.04. The molecule has 1 aromatic carbocycles. The maximum atomic E-state index is 12.0. The van der Waals surface area contributed by atoms with Gasteiger partial charge in [-0.05, 0) is 50.5 Å². The molecule has 1 aliphatic rings. The molecule has 0 bridgehead atoms. The van der Waals surface area contributed by atoms with E-state index in [0.717, 1.165) is 31.5 Å². The normalized spacial score (nSPS) is 23.3. The van der Waals surface area contributed by atoms with E-state index in [-0.39, 0.29) is 6.04 Å². The predicted molar refractivity (Wildman–Crippen MR) is 85.9 cm³/mol. The summed E-state index contributed by atoms with van der Waals surface area (Å²) >= 11 is 0. The van der Waals surface area contributed by atoms with Crippen LogP contribution in [-0.4, -0.2) is 33.6 Å². The molecule has 2 atom stereocenters. The van der Waals surface area contributed by atoms with E-state index in [9.17, 15) is 8.42 Å². The summed E-state index contributed by atoms with van der Waals surface area (Å²) < 4.78 is 26.7. The van der Waals surface area contributed by atoms with Gasteiger partial charge in [-0.15, -0.1) is 0 Å². The Hall–Kier alpha value is -1.11. The molecule has 21 heavy (non-hydrogen) atoms. The first kappa shape index (κ1) is 16.3. The molecule has 1 aromatic rings. The lowest BCUT2D eigenvalue weighted by atomic mass is 9.98. The first-order valence-electron chi connectivity index (χ1n) is 7.56. The Kier molecular flexibility index (Phi) is 5.24. The summed E-state index contributed by atoms with van der Waals surface area (Å²) in [4.78, 5) is 2.61. The van der Waals surface area contributed by atoms with Gasteiger partial charge in [-0.2, -0.15) is 0 Å². The van der Waals surface area contributed by atoms with E-state index < -0.39 is 10.0 Å². The molecule has 2 unspecified atom stereocenters. The van der Waals surface area contributed by atoms with E-state index >= 15 is 0 Å². The maximum absolute atomic E-state index is 12.0. The summed E-state index contributed by atoms with van der Waals surface area (Å²) in [6, 6.07) is 7.77. The molecule has 2 rings (SSSR count). The van der Waals surface area contributed by atoms with Crippen LogP contribution in [0.15, 0.2) is 29.2 Å². The summed E-state index contributed by atoms with van der Waals surface area (Å²) in [5.74, 6) is 0. The number of hydrogen-bond donors (Lipinski definition) is 2. The lowest BCUT2D eigenvalue weighted by Gasteiger charge is -2.38. The molecule has 0 radical (unpaired) electrons. The van der Waals surface area contributed by atoms with Gasteiger partial charge < -0.3 is 10.6 Å². The van der Waals surface area contributed by atoms with Crippen molar-refractivity contribution in [1.29, 1.82) is 0 Å². The van der Waals surface area contributed by atoms with Gasteiger partial charge >= 0.3 is 0 Å². The summed E-state index contributed by atoms with van der Waals surface area (Å²) in [6.45, 7) is 5.48. The van der Waals surface area contributed by atoms with E-state index in [1.165, 1.54) is 0 Å². The molecular formula is C15H25N3O2S. The predicted octanol–water partition coefficient (Wildman–Crippen LogP) is 1.69. The zero-order valence-electron chi connectivity index (χ0n) is 12.7. The SMILES string of the molecule is CCCNS(=O)(=O)c1ccc(N2CCC(N)CC2C)cc1. The minimum atomic E-state index is -3.38. The number of benzene rings is 1. The van der Waals surface area contributed by atoms with Crippen molar-refractivity contribution in [2.75, 3.05) is 18.0 Å². The largest absolute Gasteiger partial charge is 0.369 e. The Morgan fingerprint density at radius 1 is 1.33 bits per heavy atom. The van der Waals surface area contributed by atoms with Gasteiger partial charge in [-0.3, -0.25) is 0 Å². The van der Waals surface area contributed by atoms with Crippen LogP contribution in [0.3, 0.4) is 0 Å². The summed E-state index contributed by atoms with van der Waals surface area (Å²) in [6.07, 6.45) is 2.73. The fraction of sp³-hybridized carbons (Fsp3) is 0.600. The van der Waals surface area contributed by atoms with Gasteiger partial charge in [-0.1, -0.05) is 6.92 Å². The number of nitrogens with one attached hydrogen (secondary N) is 1. The molecule has 0 saturated carbocycles. The third kappa shape index (κ3) is 3.96. The lowest BCUT2D eigenvalue weighted by molar-refractivity contribution is 0.430. The average molecular weight is 311 g/mol. The quantitative estimate of drug-likeness (QED) is 0.868. The molecule has 6 heteroatoms. The molecule has 1 heterocycles. The number of sulfonamides is 1. The van der Waals surface area contributed by atoms with Gasteiger partial charge in [0.15, 0.2) is 0 Å². The number of anilines is 1. The molecule has 0 spiro atoms. The highest BCUT2D eigenvalue weighted by Gasteiger charge is 2.23. The van der Waals surface area contributed by atoms with Crippen LogP contribution in [-0.2, 0) is 10.0 Å². The van der Waals surface area contributed by atoms with Crippen LogP contribution in [0.2, 0.25) is 0 Å².